The summed E-state index contributed by atoms with van der Waals surface area (Å²) in [5.74, 6) is 0.635. The fourth-order valence-electron chi connectivity index (χ4n) is 4.50. The van der Waals surface area contributed by atoms with Crippen molar-refractivity contribution in [3.8, 4) is 0 Å². The second-order valence-electron chi connectivity index (χ2n) is 7.53. The standard InChI is InChI=1S/C19H29N5O/c1-23(14-5-3-2-4-6-14)15-8-11-24(12-9-15)19(25)18-16-13-20-10-7-17(16)21-22-18/h2-6,15-18,20-22H,7-13H2,1H3. The van der Waals surface area contributed by atoms with Crippen LogP contribution in [-0.4, -0.2) is 62.2 Å². The third-order valence-electron chi connectivity index (χ3n) is 6.13. The predicted molar refractivity (Wildman–Crippen MR) is 99.3 cm³/mol. The Morgan fingerprint density at radius 1 is 1.12 bits per heavy atom. The smallest absolute Gasteiger partial charge is 0.241 e. The summed E-state index contributed by atoms with van der Waals surface area (Å²) >= 11 is 0. The van der Waals surface area contributed by atoms with Crippen molar-refractivity contribution in [2.45, 2.75) is 37.4 Å². The van der Waals surface area contributed by atoms with Crippen LogP contribution in [0.25, 0.3) is 0 Å². The van der Waals surface area contributed by atoms with Crippen molar-refractivity contribution in [1.82, 2.24) is 21.1 Å². The lowest BCUT2D eigenvalue weighted by molar-refractivity contribution is -0.135. The number of hydrazine groups is 1. The van der Waals surface area contributed by atoms with Crippen molar-refractivity contribution >= 4 is 11.6 Å². The molecule has 3 unspecified atom stereocenters. The van der Waals surface area contributed by atoms with E-state index in [1.54, 1.807) is 0 Å². The SMILES string of the molecule is CN(c1ccccc1)C1CCN(C(=O)C2NNC3CCNCC32)CC1. The number of piperidine rings is 2. The molecule has 1 aromatic carbocycles. The molecule has 6 heteroatoms. The van der Waals surface area contributed by atoms with Gasteiger partial charge in [0.25, 0.3) is 0 Å². The van der Waals surface area contributed by atoms with Gasteiger partial charge in [0.1, 0.15) is 6.04 Å². The molecule has 3 N–H and O–H groups in total. The monoisotopic (exact) mass is 343 g/mol. The summed E-state index contributed by atoms with van der Waals surface area (Å²) in [6.07, 6.45) is 3.15. The minimum Gasteiger partial charge on any atom is -0.371 e. The van der Waals surface area contributed by atoms with Crippen LogP contribution in [0.1, 0.15) is 19.3 Å². The van der Waals surface area contributed by atoms with E-state index in [-0.39, 0.29) is 11.9 Å². The molecule has 25 heavy (non-hydrogen) atoms. The van der Waals surface area contributed by atoms with Crippen LogP contribution < -0.4 is 21.1 Å². The highest BCUT2D eigenvalue weighted by molar-refractivity contribution is 5.83. The van der Waals surface area contributed by atoms with E-state index >= 15 is 0 Å². The molecule has 0 aromatic heterocycles. The van der Waals surface area contributed by atoms with E-state index in [0.29, 0.717) is 18.0 Å². The Labute approximate surface area is 149 Å². The first-order valence-corrected chi connectivity index (χ1v) is 9.52. The van der Waals surface area contributed by atoms with Crippen molar-refractivity contribution in [1.29, 1.82) is 0 Å². The number of nitrogens with zero attached hydrogens (tertiary/aromatic N) is 2. The lowest BCUT2D eigenvalue weighted by Gasteiger charge is -2.39. The number of amides is 1. The molecule has 1 amide bonds. The number of likely N-dealkylation sites (tertiary alicyclic amines) is 1. The molecule has 0 saturated carbocycles. The van der Waals surface area contributed by atoms with Crippen molar-refractivity contribution in [2.75, 3.05) is 38.1 Å². The van der Waals surface area contributed by atoms with Crippen LogP contribution in [0.4, 0.5) is 5.69 Å². The number of carbonyl (C=O) groups is 1. The first-order valence-electron chi connectivity index (χ1n) is 9.52. The molecule has 1 aromatic rings. The molecular weight excluding hydrogens is 314 g/mol. The number of anilines is 1. The second kappa shape index (κ2) is 7.32. The molecule has 3 heterocycles. The average molecular weight is 343 g/mol. The molecule has 6 nitrogen and oxygen atoms in total. The summed E-state index contributed by atoms with van der Waals surface area (Å²) < 4.78 is 0. The molecule has 3 atom stereocenters. The van der Waals surface area contributed by atoms with Gasteiger partial charge in [-0.3, -0.25) is 10.2 Å². The molecule has 3 fully saturated rings. The summed E-state index contributed by atoms with van der Waals surface area (Å²) in [6.45, 7) is 3.66. The van der Waals surface area contributed by atoms with Crippen molar-refractivity contribution in [3.63, 3.8) is 0 Å². The van der Waals surface area contributed by atoms with E-state index in [9.17, 15) is 4.79 Å². The molecule has 4 rings (SSSR count). The lowest BCUT2D eigenvalue weighted by atomic mass is 9.88. The van der Waals surface area contributed by atoms with Gasteiger partial charge < -0.3 is 15.1 Å². The highest BCUT2D eigenvalue weighted by Crippen LogP contribution is 2.25. The molecule has 3 aliphatic rings. The maximum Gasteiger partial charge on any atom is 0.241 e. The summed E-state index contributed by atoms with van der Waals surface area (Å²) in [5.41, 5.74) is 7.85. The highest BCUT2D eigenvalue weighted by atomic mass is 16.2. The molecular formula is C19H29N5O. The number of benzene rings is 1. The van der Waals surface area contributed by atoms with Gasteiger partial charge in [0, 0.05) is 50.4 Å². The number of carbonyl (C=O) groups excluding carboxylic acids is 1. The van der Waals surface area contributed by atoms with Gasteiger partial charge in [-0.2, -0.15) is 0 Å². The minimum absolute atomic E-state index is 0.0822. The number of para-hydroxylation sites is 1. The van der Waals surface area contributed by atoms with E-state index in [1.165, 1.54) is 5.69 Å². The van der Waals surface area contributed by atoms with Crippen LogP contribution in [-0.2, 0) is 4.79 Å². The van der Waals surface area contributed by atoms with E-state index in [4.69, 9.17) is 0 Å². The van der Waals surface area contributed by atoms with Gasteiger partial charge in [0.05, 0.1) is 0 Å². The van der Waals surface area contributed by atoms with E-state index in [0.717, 1.165) is 45.4 Å². The summed E-state index contributed by atoms with van der Waals surface area (Å²) in [5, 5.41) is 3.43. The highest BCUT2D eigenvalue weighted by Gasteiger charge is 2.43. The van der Waals surface area contributed by atoms with Crippen LogP contribution in [0.5, 0.6) is 0 Å². The van der Waals surface area contributed by atoms with Crippen LogP contribution >= 0.6 is 0 Å². The molecule has 136 valence electrons. The largest absolute Gasteiger partial charge is 0.371 e. The van der Waals surface area contributed by atoms with Gasteiger partial charge >= 0.3 is 0 Å². The first kappa shape index (κ1) is 16.8. The Bertz CT molecular complexity index is 587. The normalized spacial score (nSPS) is 30.1. The number of hydrogen-bond donors (Lipinski definition) is 3. The lowest BCUT2D eigenvalue weighted by Crippen LogP contribution is -2.54. The van der Waals surface area contributed by atoms with E-state index < -0.39 is 0 Å². The summed E-state index contributed by atoms with van der Waals surface area (Å²) in [4.78, 5) is 17.4. The fourth-order valence-corrected chi connectivity index (χ4v) is 4.50. The molecule has 0 radical (unpaired) electrons. The quantitative estimate of drug-likeness (QED) is 0.749. The van der Waals surface area contributed by atoms with Crippen LogP contribution in [0.2, 0.25) is 0 Å². The van der Waals surface area contributed by atoms with Crippen molar-refractivity contribution in [2.24, 2.45) is 5.92 Å². The summed E-state index contributed by atoms with van der Waals surface area (Å²) in [7, 11) is 2.16. The Kier molecular flexibility index (Phi) is 4.92. The van der Waals surface area contributed by atoms with Crippen LogP contribution in [0, 0.1) is 5.92 Å². The van der Waals surface area contributed by atoms with Gasteiger partial charge in [-0.05, 0) is 37.9 Å². The Hall–Kier alpha value is -1.63. The zero-order valence-electron chi connectivity index (χ0n) is 14.9. The maximum absolute atomic E-state index is 13.0. The van der Waals surface area contributed by atoms with Crippen LogP contribution in [0.15, 0.2) is 30.3 Å². The third kappa shape index (κ3) is 3.38. The molecule has 3 aliphatic heterocycles. The Morgan fingerprint density at radius 3 is 2.64 bits per heavy atom. The molecule has 3 saturated heterocycles. The van der Waals surface area contributed by atoms with Crippen molar-refractivity contribution in [3.05, 3.63) is 30.3 Å². The van der Waals surface area contributed by atoms with Gasteiger partial charge in [0.2, 0.25) is 5.91 Å². The van der Waals surface area contributed by atoms with Gasteiger partial charge in [-0.25, -0.2) is 5.43 Å². The average Bonchev–Trinajstić information content (AvgIpc) is 3.12. The van der Waals surface area contributed by atoms with E-state index in [1.807, 2.05) is 0 Å². The van der Waals surface area contributed by atoms with Crippen LogP contribution in [0.3, 0.4) is 0 Å². The topological polar surface area (TPSA) is 59.6 Å². The zero-order chi connectivity index (χ0) is 17.2. The Balaban J connectivity index is 1.33. The first-order chi connectivity index (χ1) is 12.2. The Morgan fingerprint density at radius 2 is 1.88 bits per heavy atom. The maximum atomic E-state index is 13.0. The van der Waals surface area contributed by atoms with E-state index in [2.05, 4.69) is 63.3 Å². The fraction of sp³-hybridized carbons (Fsp3) is 0.632. The van der Waals surface area contributed by atoms with Gasteiger partial charge in [-0.1, -0.05) is 18.2 Å². The molecule has 0 bridgehead atoms. The number of hydrogen-bond acceptors (Lipinski definition) is 5. The zero-order valence-corrected chi connectivity index (χ0v) is 14.9. The number of rotatable bonds is 3. The third-order valence-corrected chi connectivity index (χ3v) is 6.13. The second-order valence-corrected chi connectivity index (χ2v) is 7.53. The number of fused-ring (bicyclic) bond motifs is 1. The predicted octanol–water partition coefficient (Wildman–Crippen LogP) is 0.568. The summed E-state index contributed by atoms with van der Waals surface area (Å²) in [6, 6.07) is 11.4. The number of nitrogens with one attached hydrogen (secondary N) is 3. The van der Waals surface area contributed by atoms with Gasteiger partial charge in [-0.15, -0.1) is 0 Å². The van der Waals surface area contributed by atoms with Gasteiger partial charge in [0.15, 0.2) is 0 Å². The van der Waals surface area contributed by atoms with Crippen molar-refractivity contribution < 1.29 is 4.79 Å². The molecule has 0 spiro atoms. The molecule has 0 aliphatic carbocycles. The minimum atomic E-state index is -0.0822.